The molecule has 1 heterocycles. The lowest BCUT2D eigenvalue weighted by atomic mass is 9.91. The highest BCUT2D eigenvalue weighted by molar-refractivity contribution is 6.42. The first kappa shape index (κ1) is 13.9. The highest BCUT2D eigenvalue weighted by atomic mass is 35.5. The van der Waals surface area contributed by atoms with E-state index >= 15 is 0 Å². The fourth-order valence-electron chi connectivity index (χ4n) is 2.36. The van der Waals surface area contributed by atoms with Gasteiger partial charge in [-0.2, -0.15) is 0 Å². The van der Waals surface area contributed by atoms with Crippen molar-refractivity contribution in [1.29, 1.82) is 0 Å². The summed E-state index contributed by atoms with van der Waals surface area (Å²) in [6.07, 6.45) is 3.35. The van der Waals surface area contributed by atoms with Crippen molar-refractivity contribution in [1.82, 2.24) is 5.32 Å². The second-order valence-corrected chi connectivity index (χ2v) is 5.68. The molecule has 98 valence electrons. The third kappa shape index (κ3) is 3.98. The maximum Gasteiger partial charge on any atom is 0.137 e. The van der Waals surface area contributed by atoms with E-state index in [-0.39, 0.29) is 0 Å². The van der Waals surface area contributed by atoms with E-state index in [0.717, 1.165) is 31.5 Å². The number of halogens is 2. The number of hydrogen-bond acceptors (Lipinski definition) is 2. The molecule has 1 saturated heterocycles. The molecule has 0 bridgehead atoms. The summed E-state index contributed by atoms with van der Waals surface area (Å²) in [7, 11) is 0. The maximum atomic E-state index is 12.0. The van der Waals surface area contributed by atoms with Crippen molar-refractivity contribution in [3.05, 3.63) is 33.8 Å². The molecule has 0 aromatic heterocycles. The number of carbonyl (C=O) groups is 1. The van der Waals surface area contributed by atoms with E-state index < -0.39 is 0 Å². The Morgan fingerprint density at radius 1 is 1.22 bits per heavy atom. The van der Waals surface area contributed by atoms with Gasteiger partial charge >= 0.3 is 0 Å². The molecule has 18 heavy (non-hydrogen) atoms. The minimum Gasteiger partial charge on any atom is -0.317 e. The molecule has 0 unspecified atom stereocenters. The molecular weight excluding hydrogens is 269 g/mol. The van der Waals surface area contributed by atoms with E-state index in [0.29, 0.717) is 34.6 Å². The van der Waals surface area contributed by atoms with Gasteiger partial charge in [-0.15, -0.1) is 0 Å². The van der Waals surface area contributed by atoms with E-state index in [1.54, 1.807) is 12.1 Å². The third-order valence-corrected chi connectivity index (χ3v) is 4.10. The zero-order valence-corrected chi connectivity index (χ0v) is 11.7. The van der Waals surface area contributed by atoms with Gasteiger partial charge in [-0.25, -0.2) is 0 Å². The van der Waals surface area contributed by atoms with Crippen molar-refractivity contribution in [2.45, 2.75) is 25.7 Å². The predicted molar refractivity (Wildman–Crippen MR) is 75.4 cm³/mol. The summed E-state index contributed by atoms with van der Waals surface area (Å²) in [5.41, 5.74) is 0.948. The topological polar surface area (TPSA) is 29.1 Å². The molecule has 1 aromatic carbocycles. The Bertz CT molecular complexity index is 428. The summed E-state index contributed by atoms with van der Waals surface area (Å²) >= 11 is 11.8. The Balaban J connectivity index is 1.88. The Morgan fingerprint density at radius 3 is 2.61 bits per heavy atom. The molecule has 0 atom stereocenters. The van der Waals surface area contributed by atoms with Gasteiger partial charge in [0.05, 0.1) is 10.0 Å². The standard InChI is InChI=1S/C14H17Cl2NO/c15-13-2-1-11(9-14(13)16)8-12(18)7-10-3-5-17-6-4-10/h1-2,9-10,17H,3-8H2. The molecule has 2 rings (SSSR count). The quantitative estimate of drug-likeness (QED) is 0.918. The van der Waals surface area contributed by atoms with Crippen LogP contribution in [0.2, 0.25) is 10.0 Å². The fourth-order valence-corrected chi connectivity index (χ4v) is 2.68. The minimum atomic E-state index is 0.292. The van der Waals surface area contributed by atoms with Crippen molar-refractivity contribution < 1.29 is 4.79 Å². The Hall–Kier alpha value is -0.570. The van der Waals surface area contributed by atoms with E-state index in [1.807, 2.05) is 6.07 Å². The van der Waals surface area contributed by atoms with Gasteiger partial charge in [0, 0.05) is 12.8 Å². The SMILES string of the molecule is O=C(Cc1ccc(Cl)c(Cl)c1)CC1CCNCC1. The van der Waals surface area contributed by atoms with Crippen molar-refractivity contribution in [3.8, 4) is 0 Å². The second kappa shape index (κ2) is 6.55. The number of rotatable bonds is 4. The molecule has 1 fully saturated rings. The molecule has 0 spiro atoms. The maximum absolute atomic E-state index is 12.0. The summed E-state index contributed by atoms with van der Waals surface area (Å²) < 4.78 is 0. The fraction of sp³-hybridized carbons (Fsp3) is 0.500. The molecule has 0 amide bonds. The van der Waals surface area contributed by atoms with Gasteiger partial charge in [0.15, 0.2) is 0 Å². The molecule has 1 aliphatic rings. The van der Waals surface area contributed by atoms with Crippen LogP contribution < -0.4 is 5.32 Å². The van der Waals surface area contributed by atoms with Crippen molar-refractivity contribution in [3.63, 3.8) is 0 Å². The van der Waals surface area contributed by atoms with E-state index in [4.69, 9.17) is 23.2 Å². The first-order valence-corrected chi connectivity index (χ1v) is 7.07. The lowest BCUT2D eigenvalue weighted by Crippen LogP contribution is -2.29. The highest BCUT2D eigenvalue weighted by Crippen LogP contribution is 2.24. The average molecular weight is 286 g/mol. The number of Topliss-reactive ketones (excluding diaryl/α,β-unsaturated/α-hetero) is 1. The highest BCUT2D eigenvalue weighted by Gasteiger charge is 2.17. The van der Waals surface area contributed by atoms with Gasteiger partial charge in [-0.3, -0.25) is 4.79 Å². The van der Waals surface area contributed by atoms with Crippen LogP contribution >= 0.6 is 23.2 Å². The lowest BCUT2D eigenvalue weighted by molar-refractivity contribution is -0.119. The number of ketones is 1. The molecule has 2 nitrogen and oxygen atoms in total. The number of nitrogens with one attached hydrogen (secondary N) is 1. The van der Waals surface area contributed by atoms with E-state index in [9.17, 15) is 4.79 Å². The molecule has 1 aliphatic heterocycles. The first-order chi connectivity index (χ1) is 8.65. The normalized spacial score (nSPS) is 16.8. The van der Waals surface area contributed by atoms with Crippen LogP contribution in [0.15, 0.2) is 18.2 Å². The Kier molecular flexibility index (Phi) is 5.04. The zero-order valence-electron chi connectivity index (χ0n) is 10.2. The van der Waals surface area contributed by atoms with Crippen LogP contribution in [-0.2, 0) is 11.2 Å². The van der Waals surface area contributed by atoms with Gasteiger partial charge in [0.2, 0.25) is 0 Å². The van der Waals surface area contributed by atoms with Crippen molar-refractivity contribution in [2.24, 2.45) is 5.92 Å². The summed E-state index contributed by atoms with van der Waals surface area (Å²) in [5.74, 6) is 0.835. The summed E-state index contributed by atoms with van der Waals surface area (Å²) in [6, 6.07) is 5.40. The van der Waals surface area contributed by atoms with Gasteiger partial charge in [0.1, 0.15) is 5.78 Å². The smallest absolute Gasteiger partial charge is 0.137 e. The van der Waals surface area contributed by atoms with Crippen LogP contribution in [0.25, 0.3) is 0 Å². The van der Waals surface area contributed by atoms with Crippen molar-refractivity contribution >= 4 is 29.0 Å². The zero-order chi connectivity index (χ0) is 13.0. The van der Waals surface area contributed by atoms with Gasteiger partial charge in [-0.05, 0) is 49.5 Å². The van der Waals surface area contributed by atoms with Crippen LogP contribution in [-0.4, -0.2) is 18.9 Å². The molecule has 1 N–H and O–H groups in total. The van der Waals surface area contributed by atoms with Crippen LogP contribution in [0.4, 0.5) is 0 Å². The molecule has 0 aliphatic carbocycles. The van der Waals surface area contributed by atoms with E-state index in [2.05, 4.69) is 5.32 Å². The largest absolute Gasteiger partial charge is 0.317 e. The number of carbonyl (C=O) groups excluding carboxylic acids is 1. The van der Waals surface area contributed by atoms with E-state index in [1.165, 1.54) is 0 Å². The van der Waals surface area contributed by atoms with Crippen molar-refractivity contribution in [2.75, 3.05) is 13.1 Å². The minimum absolute atomic E-state index is 0.292. The predicted octanol–water partition coefficient (Wildman–Crippen LogP) is 3.49. The number of hydrogen-bond donors (Lipinski definition) is 1. The molecule has 0 radical (unpaired) electrons. The first-order valence-electron chi connectivity index (χ1n) is 6.31. The Labute approximate surface area is 118 Å². The molecule has 4 heteroatoms. The molecule has 1 aromatic rings. The monoisotopic (exact) mass is 285 g/mol. The molecule has 0 saturated carbocycles. The van der Waals surface area contributed by atoms with Gasteiger partial charge in [0.25, 0.3) is 0 Å². The average Bonchev–Trinajstić information content (AvgIpc) is 2.35. The summed E-state index contributed by atoms with van der Waals surface area (Å²) in [4.78, 5) is 12.0. The van der Waals surface area contributed by atoms with Crippen LogP contribution in [0.1, 0.15) is 24.8 Å². The molecular formula is C14H17Cl2NO. The van der Waals surface area contributed by atoms with Gasteiger partial charge in [-0.1, -0.05) is 29.3 Å². The third-order valence-electron chi connectivity index (χ3n) is 3.36. The van der Waals surface area contributed by atoms with Crippen LogP contribution in [0.3, 0.4) is 0 Å². The van der Waals surface area contributed by atoms with Crippen LogP contribution in [0.5, 0.6) is 0 Å². The number of piperidine rings is 1. The summed E-state index contributed by atoms with van der Waals surface area (Å²) in [6.45, 7) is 2.06. The Morgan fingerprint density at radius 2 is 1.94 bits per heavy atom. The van der Waals surface area contributed by atoms with Crippen LogP contribution in [0, 0.1) is 5.92 Å². The summed E-state index contributed by atoms with van der Waals surface area (Å²) in [5, 5.41) is 4.36. The second-order valence-electron chi connectivity index (χ2n) is 4.86. The number of benzene rings is 1. The lowest BCUT2D eigenvalue weighted by Gasteiger charge is -2.21. The van der Waals surface area contributed by atoms with Gasteiger partial charge < -0.3 is 5.32 Å².